The number of nitrogens with two attached hydrogens (primary N) is 1. The molecule has 5 nitrogen and oxygen atoms in total. The summed E-state index contributed by atoms with van der Waals surface area (Å²) in [5.41, 5.74) is 0. The molecule has 0 saturated heterocycles. The van der Waals surface area contributed by atoms with Gasteiger partial charge in [0.1, 0.15) is 26.3 Å². The van der Waals surface area contributed by atoms with Crippen molar-refractivity contribution in [2.75, 3.05) is 26.3 Å². The molecule has 0 saturated carbocycles. The number of rotatable bonds is 26. The minimum Gasteiger partial charge on any atom is -0.460 e. The van der Waals surface area contributed by atoms with Crippen molar-refractivity contribution >= 4 is 11.9 Å². The van der Waals surface area contributed by atoms with Gasteiger partial charge in [-0.1, -0.05) is 117 Å². The van der Waals surface area contributed by atoms with Crippen molar-refractivity contribution < 1.29 is 24.4 Å². The lowest BCUT2D eigenvalue weighted by Gasteiger charge is -2.06. The molecule has 0 bridgehead atoms. The Kier molecular flexibility index (Phi) is 26.2. The van der Waals surface area contributed by atoms with Gasteiger partial charge in [-0.3, -0.25) is 9.59 Å². The molecule has 0 amide bonds. The molecule has 5 heteroatoms. The lowest BCUT2D eigenvalue weighted by molar-refractivity contribution is -0.656. The molecule has 0 fully saturated rings. The first kappa shape index (κ1) is 31.9. The molecule has 0 aliphatic carbocycles. The van der Waals surface area contributed by atoms with Crippen LogP contribution in [0.5, 0.6) is 0 Å². The summed E-state index contributed by atoms with van der Waals surface area (Å²) in [7, 11) is 0. The Morgan fingerprint density at radius 2 is 0.788 bits per heavy atom. The molecule has 0 spiro atoms. The van der Waals surface area contributed by atoms with Crippen molar-refractivity contribution in [3.63, 3.8) is 0 Å². The Morgan fingerprint density at radius 1 is 0.485 bits per heavy atom. The molecule has 0 heterocycles. The van der Waals surface area contributed by atoms with E-state index in [0.717, 1.165) is 38.8 Å². The molecule has 0 aromatic carbocycles. The first-order valence-corrected chi connectivity index (χ1v) is 14.3. The largest absolute Gasteiger partial charge is 0.460 e. The van der Waals surface area contributed by atoms with Gasteiger partial charge in [0.05, 0.1) is 0 Å². The number of esters is 2. The van der Waals surface area contributed by atoms with Gasteiger partial charge in [-0.25, -0.2) is 0 Å². The molecular weight excluding hydrogens is 414 g/mol. The zero-order valence-electron chi connectivity index (χ0n) is 22.2. The van der Waals surface area contributed by atoms with Gasteiger partial charge < -0.3 is 14.8 Å². The molecule has 0 radical (unpaired) electrons. The molecule has 0 aromatic rings. The van der Waals surface area contributed by atoms with Crippen LogP contribution in [0.2, 0.25) is 0 Å². The quantitative estimate of drug-likeness (QED) is 0.116. The van der Waals surface area contributed by atoms with Crippen molar-refractivity contribution in [2.24, 2.45) is 0 Å². The maximum Gasteiger partial charge on any atom is 0.305 e. The van der Waals surface area contributed by atoms with Crippen LogP contribution < -0.4 is 5.32 Å². The van der Waals surface area contributed by atoms with Crippen LogP contribution in [0.15, 0.2) is 0 Å². The van der Waals surface area contributed by atoms with E-state index in [9.17, 15) is 9.59 Å². The average Bonchev–Trinajstić information content (AvgIpc) is 2.81. The van der Waals surface area contributed by atoms with Gasteiger partial charge in [-0.2, -0.15) is 0 Å². The SMILES string of the molecule is CCCCCCCCCCCC(=O)OCC[NH2+]CCOC(=O)CCCCCCCCCCC. The number of unbranched alkanes of at least 4 members (excludes halogenated alkanes) is 16. The van der Waals surface area contributed by atoms with Gasteiger partial charge >= 0.3 is 11.9 Å². The van der Waals surface area contributed by atoms with Crippen molar-refractivity contribution in [1.82, 2.24) is 0 Å². The number of hydrogen-bond acceptors (Lipinski definition) is 4. The van der Waals surface area contributed by atoms with Crippen molar-refractivity contribution in [3.8, 4) is 0 Å². The molecule has 0 atom stereocenters. The Bertz CT molecular complexity index is 390. The molecular formula is C28H56NO4+. The van der Waals surface area contributed by atoms with Crippen LogP contribution in [0.3, 0.4) is 0 Å². The molecule has 0 unspecified atom stereocenters. The first-order chi connectivity index (χ1) is 16.2. The highest BCUT2D eigenvalue weighted by Gasteiger charge is 2.05. The van der Waals surface area contributed by atoms with Gasteiger partial charge in [-0.15, -0.1) is 0 Å². The van der Waals surface area contributed by atoms with E-state index >= 15 is 0 Å². The fourth-order valence-corrected chi connectivity index (χ4v) is 3.96. The summed E-state index contributed by atoms with van der Waals surface area (Å²) in [5.74, 6) is -0.169. The summed E-state index contributed by atoms with van der Waals surface area (Å²) in [6.07, 6.45) is 23.6. The molecule has 2 N–H and O–H groups in total. The van der Waals surface area contributed by atoms with Crippen LogP contribution in [0.1, 0.15) is 142 Å². The highest BCUT2D eigenvalue weighted by atomic mass is 16.5. The fourth-order valence-electron chi connectivity index (χ4n) is 3.96. The second-order valence-corrected chi connectivity index (χ2v) is 9.46. The maximum atomic E-state index is 11.7. The third-order valence-electron chi connectivity index (χ3n) is 6.14. The fraction of sp³-hybridized carbons (Fsp3) is 0.929. The predicted molar refractivity (Wildman–Crippen MR) is 137 cm³/mol. The molecule has 0 rings (SSSR count). The lowest BCUT2D eigenvalue weighted by atomic mass is 10.1. The summed E-state index contributed by atoms with van der Waals surface area (Å²) in [6, 6.07) is 0. The lowest BCUT2D eigenvalue weighted by Crippen LogP contribution is -2.86. The summed E-state index contributed by atoms with van der Waals surface area (Å²) in [6.45, 7) is 6.80. The normalized spacial score (nSPS) is 11.0. The zero-order chi connectivity index (χ0) is 24.2. The van der Waals surface area contributed by atoms with E-state index in [4.69, 9.17) is 9.47 Å². The summed E-state index contributed by atoms with van der Waals surface area (Å²) < 4.78 is 10.6. The first-order valence-electron chi connectivity index (χ1n) is 14.3. The third kappa shape index (κ3) is 27.0. The Morgan fingerprint density at radius 3 is 1.12 bits per heavy atom. The van der Waals surface area contributed by atoms with E-state index in [1.54, 1.807) is 0 Å². The number of carbonyl (C=O) groups is 2. The highest BCUT2D eigenvalue weighted by molar-refractivity contribution is 5.69. The second kappa shape index (κ2) is 27.1. The van der Waals surface area contributed by atoms with Gasteiger partial charge in [-0.05, 0) is 12.8 Å². The number of ether oxygens (including phenoxy) is 2. The van der Waals surface area contributed by atoms with Crippen LogP contribution >= 0.6 is 0 Å². The third-order valence-corrected chi connectivity index (χ3v) is 6.14. The molecule has 0 aliphatic rings. The van der Waals surface area contributed by atoms with Crippen LogP contribution in [0.25, 0.3) is 0 Å². The minimum atomic E-state index is -0.0845. The molecule has 196 valence electrons. The minimum absolute atomic E-state index is 0.0845. The second-order valence-electron chi connectivity index (χ2n) is 9.46. The van der Waals surface area contributed by atoms with Gasteiger partial charge in [0.25, 0.3) is 0 Å². The smallest absolute Gasteiger partial charge is 0.305 e. The van der Waals surface area contributed by atoms with E-state index in [0.29, 0.717) is 26.1 Å². The average molecular weight is 471 g/mol. The van der Waals surface area contributed by atoms with E-state index < -0.39 is 0 Å². The standard InChI is InChI=1S/C28H55NO4/c1-3-5-7-9-11-13-15-17-19-21-27(30)32-25-23-29-24-26-33-28(31)22-20-18-16-14-12-10-8-6-4-2/h29H,3-26H2,1-2H3/p+1. The Labute approximate surface area is 205 Å². The molecule has 0 aromatic heterocycles. The molecule has 33 heavy (non-hydrogen) atoms. The summed E-state index contributed by atoms with van der Waals surface area (Å²) in [4.78, 5) is 23.5. The number of carbonyl (C=O) groups excluding carboxylic acids is 2. The number of quaternary nitrogens is 1. The number of hydrogen-bond donors (Lipinski definition) is 1. The predicted octanol–water partition coefficient (Wildman–Crippen LogP) is 6.48. The van der Waals surface area contributed by atoms with Crippen molar-refractivity contribution in [2.45, 2.75) is 142 Å². The Balaban J connectivity index is 3.26. The van der Waals surface area contributed by atoms with E-state index in [-0.39, 0.29) is 11.9 Å². The Hall–Kier alpha value is -1.10. The van der Waals surface area contributed by atoms with Crippen LogP contribution in [0.4, 0.5) is 0 Å². The van der Waals surface area contributed by atoms with Gasteiger partial charge in [0.15, 0.2) is 0 Å². The van der Waals surface area contributed by atoms with Gasteiger partial charge in [0.2, 0.25) is 0 Å². The van der Waals surface area contributed by atoms with Crippen LogP contribution in [0, 0.1) is 0 Å². The highest BCUT2D eigenvalue weighted by Crippen LogP contribution is 2.11. The van der Waals surface area contributed by atoms with Crippen molar-refractivity contribution in [3.05, 3.63) is 0 Å². The van der Waals surface area contributed by atoms with Crippen LogP contribution in [-0.4, -0.2) is 38.2 Å². The van der Waals surface area contributed by atoms with E-state index in [2.05, 4.69) is 13.8 Å². The maximum absolute atomic E-state index is 11.7. The van der Waals surface area contributed by atoms with Crippen molar-refractivity contribution in [1.29, 1.82) is 0 Å². The monoisotopic (exact) mass is 470 g/mol. The summed E-state index contributed by atoms with van der Waals surface area (Å²) in [5, 5.41) is 2.04. The van der Waals surface area contributed by atoms with Gasteiger partial charge in [0, 0.05) is 12.8 Å². The summed E-state index contributed by atoms with van der Waals surface area (Å²) >= 11 is 0. The zero-order valence-corrected chi connectivity index (χ0v) is 22.2. The van der Waals surface area contributed by atoms with E-state index in [1.165, 1.54) is 89.9 Å². The molecule has 0 aliphatic heterocycles. The van der Waals surface area contributed by atoms with Crippen LogP contribution in [-0.2, 0) is 19.1 Å². The topological polar surface area (TPSA) is 69.2 Å². The van der Waals surface area contributed by atoms with E-state index in [1.807, 2.05) is 5.32 Å².